The Hall–Kier alpha value is -1.44. The third kappa shape index (κ3) is 4.30. The fourth-order valence-electron chi connectivity index (χ4n) is 1.47. The van der Waals surface area contributed by atoms with Crippen LogP contribution in [0.2, 0.25) is 0 Å². The molecule has 0 radical (unpaired) electrons. The van der Waals surface area contributed by atoms with Crippen LogP contribution in [0.4, 0.5) is 5.69 Å². The minimum atomic E-state index is -3.72. The van der Waals surface area contributed by atoms with E-state index in [9.17, 15) is 13.2 Å². The molecular weight excluding hydrogens is 266 g/mol. The summed E-state index contributed by atoms with van der Waals surface area (Å²) in [5.74, 6) is -0.221. The number of sulfonamides is 1. The van der Waals surface area contributed by atoms with Crippen LogP contribution in [0.1, 0.15) is 20.3 Å². The Morgan fingerprint density at radius 1 is 1.32 bits per heavy atom. The number of hydrogen-bond donors (Lipinski definition) is 3. The van der Waals surface area contributed by atoms with Gasteiger partial charge in [-0.05, 0) is 30.2 Å². The van der Waals surface area contributed by atoms with Gasteiger partial charge in [0.2, 0.25) is 15.9 Å². The zero-order valence-corrected chi connectivity index (χ0v) is 11.8. The molecule has 6 nitrogen and oxygen atoms in total. The summed E-state index contributed by atoms with van der Waals surface area (Å²) in [5.41, 5.74) is 6.27. The van der Waals surface area contributed by atoms with Crippen LogP contribution in [0.5, 0.6) is 0 Å². The molecule has 19 heavy (non-hydrogen) atoms. The van der Waals surface area contributed by atoms with Crippen LogP contribution in [-0.4, -0.2) is 20.4 Å². The second-order valence-electron chi connectivity index (χ2n) is 4.47. The highest BCUT2D eigenvalue weighted by molar-refractivity contribution is 7.89. The molecule has 0 unspecified atom stereocenters. The van der Waals surface area contributed by atoms with Gasteiger partial charge in [0.25, 0.3) is 0 Å². The minimum absolute atomic E-state index is 0.00303. The lowest BCUT2D eigenvalue weighted by Crippen LogP contribution is -2.40. The van der Waals surface area contributed by atoms with E-state index in [4.69, 9.17) is 10.9 Å². The molecule has 5 N–H and O–H groups in total. The summed E-state index contributed by atoms with van der Waals surface area (Å²) < 4.78 is 22.1. The SMILES string of the molecule is CC[C@H](C)[C@H](N)C(=O)Nc1ccc(S(N)(=O)=O)cc1. The highest BCUT2D eigenvalue weighted by Crippen LogP contribution is 2.14. The van der Waals surface area contributed by atoms with Gasteiger partial charge >= 0.3 is 0 Å². The molecule has 0 aliphatic carbocycles. The van der Waals surface area contributed by atoms with Crippen molar-refractivity contribution in [2.75, 3.05) is 5.32 Å². The summed E-state index contributed by atoms with van der Waals surface area (Å²) in [6.45, 7) is 3.85. The van der Waals surface area contributed by atoms with Gasteiger partial charge in [-0.1, -0.05) is 20.3 Å². The van der Waals surface area contributed by atoms with Crippen LogP contribution < -0.4 is 16.2 Å². The first-order valence-electron chi connectivity index (χ1n) is 5.95. The number of carbonyl (C=O) groups is 1. The van der Waals surface area contributed by atoms with E-state index in [0.29, 0.717) is 5.69 Å². The highest BCUT2D eigenvalue weighted by atomic mass is 32.2. The molecule has 1 amide bonds. The second kappa shape index (κ2) is 6.14. The lowest BCUT2D eigenvalue weighted by atomic mass is 9.99. The van der Waals surface area contributed by atoms with E-state index < -0.39 is 16.1 Å². The number of primary sulfonamides is 1. The van der Waals surface area contributed by atoms with Crippen molar-refractivity contribution in [3.63, 3.8) is 0 Å². The normalized spacial score (nSPS) is 14.7. The number of amides is 1. The predicted octanol–water partition coefficient (Wildman–Crippen LogP) is 0.646. The maximum Gasteiger partial charge on any atom is 0.241 e. The van der Waals surface area contributed by atoms with Gasteiger partial charge < -0.3 is 11.1 Å². The monoisotopic (exact) mass is 285 g/mol. The molecule has 0 aliphatic heterocycles. The third-order valence-electron chi connectivity index (χ3n) is 3.01. The van der Waals surface area contributed by atoms with E-state index in [1.807, 2.05) is 13.8 Å². The van der Waals surface area contributed by atoms with Crippen molar-refractivity contribution < 1.29 is 13.2 Å². The van der Waals surface area contributed by atoms with Crippen LogP contribution in [0.25, 0.3) is 0 Å². The smallest absolute Gasteiger partial charge is 0.241 e. The molecule has 0 heterocycles. The van der Waals surface area contributed by atoms with E-state index in [0.717, 1.165) is 6.42 Å². The topological polar surface area (TPSA) is 115 Å². The fourth-order valence-corrected chi connectivity index (χ4v) is 1.98. The third-order valence-corrected chi connectivity index (χ3v) is 3.94. The van der Waals surface area contributed by atoms with E-state index in [-0.39, 0.29) is 16.7 Å². The fraction of sp³-hybridized carbons (Fsp3) is 0.417. The van der Waals surface area contributed by atoms with Gasteiger partial charge in [0.1, 0.15) is 0 Å². The number of rotatable bonds is 5. The molecule has 0 fully saturated rings. The predicted molar refractivity (Wildman–Crippen MR) is 73.9 cm³/mol. The average Bonchev–Trinajstić information content (AvgIpc) is 2.36. The molecule has 0 bridgehead atoms. The van der Waals surface area contributed by atoms with Gasteiger partial charge in [-0.25, -0.2) is 13.6 Å². The first-order chi connectivity index (χ1) is 8.75. The number of hydrogen-bond acceptors (Lipinski definition) is 4. The molecule has 106 valence electrons. The number of benzene rings is 1. The Morgan fingerprint density at radius 3 is 2.26 bits per heavy atom. The van der Waals surface area contributed by atoms with Gasteiger partial charge in [-0.15, -0.1) is 0 Å². The Labute approximate surface area is 113 Å². The number of carbonyl (C=O) groups excluding carboxylic acids is 1. The Morgan fingerprint density at radius 2 is 1.84 bits per heavy atom. The molecule has 1 rings (SSSR count). The lowest BCUT2D eigenvalue weighted by molar-refractivity contribution is -0.118. The van der Waals surface area contributed by atoms with E-state index in [1.165, 1.54) is 24.3 Å². The minimum Gasteiger partial charge on any atom is -0.325 e. The first-order valence-corrected chi connectivity index (χ1v) is 7.49. The molecule has 7 heteroatoms. The van der Waals surface area contributed by atoms with Crippen LogP contribution in [0.15, 0.2) is 29.2 Å². The summed E-state index contributed by atoms with van der Waals surface area (Å²) in [4.78, 5) is 11.8. The molecule has 1 aromatic carbocycles. The van der Waals surface area contributed by atoms with Crippen LogP contribution in [0, 0.1) is 5.92 Å². The van der Waals surface area contributed by atoms with Crippen molar-refractivity contribution in [2.24, 2.45) is 16.8 Å². The van der Waals surface area contributed by atoms with Crippen molar-refractivity contribution in [1.29, 1.82) is 0 Å². The summed E-state index contributed by atoms with van der Waals surface area (Å²) in [5, 5.41) is 7.61. The molecule has 2 atom stereocenters. The van der Waals surface area contributed by atoms with Crippen LogP contribution >= 0.6 is 0 Å². The van der Waals surface area contributed by atoms with Crippen molar-refractivity contribution in [3.05, 3.63) is 24.3 Å². The molecule has 0 saturated carbocycles. The summed E-state index contributed by atoms with van der Waals surface area (Å²) >= 11 is 0. The zero-order valence-electron chi connectivity index (χ0n) is 11.0. The number of anilines is 1. The van der Waals surface area contributed by atoms with Gasteiger partial charge in [0.05, 0.1) is 10.9 Å². The van der Waals surface area contributed by atoms with E-state index in [2.05, 4.69) is 5.32 Å². The summed E-state index contributed by atoms with van der Waals surface area (Å²) in [6.07, 6.45) is 0.805. The van der Waals surface area contributed by atoms with Crippen molar-refractivity contribution in [2.45, 2.75) is 31.2 Å². The van der Waals surface area contributed by atoms with Crippen LogP contribution in [-0.2, 0) is 14.8 Å². The molecule has 0 aliphatic rings. The standard InChI is InChI=1S/C12H19N3O3S/c1-3-8(2)11(13)12(16)15-9-4-6-10(7-5-9)19(14,17)18/h4-8,11H,3,13H2,1-2H3,(H,15,16)(H2,14,17,18)/t8-,11-/m0/s1. The molecule has 0 aromatic heterocycles. The highest BCUT2D eigenvalue weighted by Gasteiger charge is 2.19. The largest absolute Gasteiger partial charge is 0.325 e. The second-order valence-corrected chi connectivity index (χ2v) is 6.03. The van der Waals surface area contributed by atoms with Gasteiger partial charge in [0, 0.05) is 5.69 Å². The Kier molecular flexibility index (Phi) is 5.04. The average molecular weight is 285 g/mol. The zero-order chi connectivity index (χ0) is 14.6. The van der Waals surface area contributed by atoms with E-state index >= 15 is 0 Å². The van der Waals surface area contributed by atoms with Gasteiger partial charge in [-0.3, -0.25) is 4.79 Å². The maximum atomic E-state index is 11.8. The van der Waals surface area contributed by atoms with Crippen molar-refractivity contribution in [3.8, 4) is 0 Å². The van der Waals surface area contributed by atoms with Crippen LogP contribution in [0.3, 0.4) is 0 Å². The molecule has 1 aromatic rings. The number of nitrogens with one attached hydrogen (secondary N) is 1. The summed E-state index contributed by atoms with van der Waals surface area (Å²) in [6, 6.07) is 5.02. The Balaban J connectivity index is 2.76. The maximum absolute atomic E-state index is 11.8. The molecular formula is C12H19N3O3S. The number of nitrogens with two attached hydrogens (primary N) is 2. The first kappa shape index (κ1) is 15.6. The molecule has 0 saturated heterocycles. The van der Waals surface area contributed by atoms with Crippen molar-refractivity contribution in [1.82, 2.24) is 0 Å². The summed E-state index contributed by atoms with van der Waals surface area (Å²) in [7, 11) is -3.72. The Bertz CT molecular complexity index is 540. The van der Waals surface area contributed by atoms with Gasteiger partial charge in [-0.2, -0.15) is 0 Å². The lowest BCUT2D eigenvalue weighted by Gasteiger charge is -2.17. The molecule has 0 spiro atoms. The van der Waals surface area contributed by atoms with Crippen molar-refractivity contribution >= 4 is 21.6 Å². The van der Waals surface area contributed by atoms with Gasteiger partial charge in [0.15, 0.2) is 0 Å². The van der Waals surface area contributed by atoms with E-state index in [1.54, 1.807) is 0 Å². The quantitative estimate of drug-likeness (QED) is 0.736.